The third-order valence-corrected chi connectivity index (χ3v) is 3.48. The first-order chi connectivity index (χ1) is 13.0. The van der Waals surface area contributed by atoms with Crippen molar-refractivity contribution in [3.8, 4) is 23.0 Å². The summed E-state index contributed by atoms with van der Waals surface area (Å²) >= 11 is 0. The molecule has 0 fully saturated rings. The van der Waals surface area contributed by atoms with Crippen LogP contribution in [0, 0.1) is 0 Å². The van der Waals surface area contributed by atoms with Crippen LogP contribution in [0.4, 0.5) is 0 Å². The number of hydrogen-bond acceptors (Lipinski definition) is 10. The molecule has 0 aliphatic heterocycles. The van der Waals surface area contributed by atoms with E-state index in [1.165, 1.54) is 36.4 Å². The molecule has 0 aliphatic rings. The van der Waals surface area contributed by atoms with Crippen LogP contribution >= 0.6 is 0 Å². The topological polar surface area (TPSA) is 202 Å². The molecule has 2 aromatic carbocycles. The number of carboxylic acid groups (broad SMARTS) is 2. The van der Waals surface area contributed by atoms with Crippen molar-refractivity contribution in [2.75, 3.05) is 0 Å². The van der Waals surface area contributed by atoms with E-state index in [4.69, 9.17) is 30.6 Å². The van der Waals surface area contributed by atoms with Crippen LogP contribution < -0.4 is 10.2 Å². The zero-order valence-electron chi connectivity index (χ0n) is 15.1. The molecule has 152 valence electrons. The quantitative estimate of drug-likeness (QED) is 0.209. The molecule has 0 saturated carbocycles. The molecule has 2 aromatic rings. The van der Waals surface area contributed by atoms with Crippen LogP contribution in [-0.2, 0) is 22.4 Å². The predicted molar refractivity (Wildman–Crippen MR) is 94.7 cm³/mol. The molecular formula is C18H18MgO10. The van der Waals surface area contributed by atoms with Crippen molar-refractivity contribution >= 4 is 35.0 Å². The zero-order valence-corrected chi connectivity index (χ0v) is 16.5. The molecule has 0 unspecified atom stereocenters. The largest absolute Gasteiger partial charge is 2.00 e. The van der Waals surface area contributed by atoms with E-state index in [2.05, 4.69) is 0 Å². The van der Waals surface area contributed by atoms with E-state index in [0.29, 0.717) is 11.1 Å². The fraction of sp³-hybridized carbons (Fsp3) is 0.222. The van der Waals surface area contributed by atoms with Crippen molar-refractivity contribution in [2.24, 2.45) is 0 Å². The number of phenolic OH excluding ortho intramolecular Hbond substituents is 4. The Bertz CT molecular complexity index is 770. The molecule has 0 aliphatic carbocycles. The Hall–Kier alpha value is -2.73. The molecule has 29 heavy (non-hydrogen) atoms. The maximum absolute atomic E-state index is 10.2. The SMILES string of the molecule is O=C([O-])[C@@H](O)Cc1ccc(O)c(O)c1.O=C([O-])[C@@H](O)Cc1ccc(O)c(O)c1.[Mg+2]. The van der Waals surface area contributed by atoms with Gasteiger partial charge in [-0.3, -0.25) is 0 Å². The molecule has 0 amide bonds. The van der Waals surface area contributed by atoms with Crippen molar-refractivity contribution in [2.45, 2.75) is 25.0 Å². The average Bonchev–Trinajstić information content (AvgIpc) is 2.61. The Balaban J connectivity index is 0.000000523. The first-order valence-corrected chi connectivity index (χ1v) is 7.80. The second kappa shape index (κ2) is 12.0. The number of phenols is 4. The molecule has 0 aromatic heterocycles. The maximum Gasteiger partial charge on any atom is 2.00 e. The minimum atomic E-state index is -1.61. The molecule has 0 heterocycles. The van der Waals surface area contributed by atoms with Crippen LogP contribution in [0.15, 0.2) is 36.4 Å². The molecule has 10 nitrogen and oxygen atoms in total. The first kappa shape index (κ1) is 26.3. The van der Waals surface area contributed by atoms with Crippen molar-refractivity contribution < 1.29 is 50.4 Å². The molecule has 0 radical (unpaired) electrons. The number of aliphatic hydroxyl groups excluding tert-OH is 2. The number of aliphatic hydroxyl groups is 2. The minimum Gasteiger partial charge on any atom is -0.547 e. The Kier molecular flexibility index (Phi) is 10.8. The third kappa shape index (κ3) is 8.87. The summed E-state index contributed by atoms with van der Waals surface area (Å²) < 4.78 is 0. The van der Waals surface area contributed by atoms with Crippen LogP contribution in [0.5, 0.6) is 23.0 Å². The number of aliphatic carboxylic acids is 2. The Labute approximate surface area is 181 Å². The first-order valence-electron chi connectivity index (χ1n) is 7.80. The number of hydrogen-bond donors (Lipinski definition) is 6. The van der Waals surface area contributed by atoms with Crippen LogP contribution in [-0.4, -0.2) is 77.8 Å². The standard InChI is InChI=1S/2C9H10O5.Mg/c2*10-6-2-1-5(3-7(6)11)4-8(12)9(13)14;/h2*1-3,8,10-12H,4H2,(H,13,14);/q;;+2/p-2/t2*8-;/m00./s1. The van der Waals surface area contributed by atoms with Gasteiger partial charge >= 0.3 is 23.1 Å². The molecule has 11 heteroatoms. The van der Waals surface area contributed by atoms with E-state index < -0.39 is 24.1 Å². The van der Waals surface area contributed by atoms with Gasteiger partial charge in [0.25, 0.3) is 0 Å². The van der Waals surface area contributed by atoms with Gasteiger partial charge in [0.05, 0.1) is 24.1 Å². The molecule has 0 spiro atoms. The van der Waals surface area contributed by atoms with Crippen LogP contribution in [0.25, 0.3) is 0 Å². The number of carbonyl (C=O) groups is 2. The number of carboxylic acids is 2. The molecule has 2 atom stereocenters. The summed E-state index contributed by atoms with van der Waals surface area (Å²) in [4.78, 5) is 20.4. The van der Waals surface area contributed by atoms with E-state index in [1.54, 1.807) is 0 Å². The van der Waals surface area contributed by atoms with Crippen molar-refractivity contribution in [3.05, 3.63) is 47.5 Å². The van der Waals surface area contributed by atoms with Gasteiger partial charge < -0.3 is 50.4 Å². The van der Waals surface area contributed by atoms with E-state index >= 15 is 0 Å². The fourth-order valence-electron chi connectivity index (χ4n) is 2.01. The smallest absolute Gasteiger partial charge is 0.547 e. The van der Waals surface area contributed by atoms with Gasteiger partial charge in [0.2, 0.25) is 0 Å². The van der Waals surface area contributed by atoms with Crippen LogP contribution in [0.2, 0.25) is 0 Å². The maximum atomic E-state index is 10.2. The Morgan fingerprint density at radius 3 is 1.24 bits per heavy atom. The average molecular weight is 419 g/mol. The van der Waals surface area contributed by atoms with Crippen molar-refractivity contribution in [1.82, 2.24) is 0 Å². The monoisotopic (exact) mass is 418 g/mol. The molecule has 6 N–H and O–H groups in total. The van der Waals surface area contributed by atoms with Crippen molar-refractivity contribution in [3.63, 3.8) is 0 Å². The summed E-state index contributed by atoms with van der Waals surface area (Å²) in [6.07, 6.45) is -3.57. The van der Waals surface area contributed by atoms with E-state index in [1.807, 2.05) is 0 Å². The number of benzene rings is 2. The Morgan fingerprint density at radius 1 is 0.690 bits per heavy atom. The number of carbonyl (C=O) groups excluding carboxylic acids is 2. The minimum absolute atomic E-state index is 0. The number of aromatic hydroxyl groups is 4. The van der Waals surface area contributed by atoms with Crippen LogP contribution in [0.1, 0.15) is 11.1 Å². The normalized spacial score (nSPS) is 11.9. The summed E-state index contributed by atoms with van der Waals surface area (Å²) in [6, 6.07) is 7.60. The molecule has 0 bridgehead atoms. The number of rotatable bonds is 6. The van der Waals surface area contributed by atoms with E-state index in [-0.39, 0.29) is 58.9 Å². The second-order valence-electron chi connectivity index (χ2n) is 5.72. The van der Waals surface area contributed by atoms with Gasteiger partial charge in [-0.25, -0.2) is 0 Å². The van der Waals surface area contributed by atoms with Gasteiger partial charge in [0, 0.05) is 12.8 Å². The van der Waals surface area contributed by atoms with Gasteiger partial charge in [-0.1, -0.05) is 12.1 Å². The van der Waals surface area contributed by atoms with Crippen LogP contribution in [0.3, 0.4) is 0 Å². The summed E-state index contributed by atoms with van der Waals surface area (Å²) in [5, 5.41) is 74.2. The van der Waals surface area contributed by atoms with Crippen molar-refractivity contribution in [1.29, 1.82) is 0 Å². The fourth-order valence-corrected chi connectivity index (χ4v) is 2.01. The molecular weight excluding hydrogens is 400 g/mol. The molecule has 0 saturated heterocycles. The second-order valence-corrected chi connectivity index (χ2v) is 5.72. The predicted octanol–water partition coefficient (Wildman–Crippen LogP) is -2.88. The van der Waals surface area contributed by atoms with Gasteiger partial charge in [-0.15, -0.1) is 0 Å². The zero-order chi connectivity index (χ0) is 21.4. The summed E-state index contributed by atoms with van der Waals surface area (Å²) in [6.45, 7) is 0. The summed E-state index contributed by atoms with van der Waals surface area (Å²) in [7, 11) is 0. The van der Waals surface area contributed by atoms with Gasteiger partial charge in [0.15, 0.2) is 23.0 Å². The van der Waals surface area contributed by atoms with Gasteiger partial charge in [-0.2, -0.15) is 0 Å². The third-order valence-electron chi connectivity index (χ3n) is 3.48. The summed E-state index contributed by atoms with van der Waals surface area (Å²) in [5.74, 6) is -4.44. The molecule has 2 rings (SSSR count). The van der Waals surface area contributed by atoms with Gasteiger partial charge in [0.1, 0.15) is 0 Å². The summed E-state index contributed by atoms with van der Waals surface area (Å²) in [5.41, 5.74) is 0.800. The van der Waals surface area contributed by atoms with Gasteiger partial charge in [-0.05, 0) is 35.4 Å². The van der Waals surface area contributed by atoms with E-state index in [9.17, 15) is 19.8 Å². The Morgan fingerprint density at radius 2 is 1.00 bits per heavy atom. The van der Waals surface area contributed by atoms with E-state index in [0.717, 1.165) is 0 Å².